The van der Waals surface area contributed by atoms with Gasteiger partial charge >= 0.3 is 0 Å². The van der Waals surface area contributed by atoms with Gasteiger partial charge in [-0.25, -0.2) is 9.97 Å². The molecule has 0 amide bonds. The van der Waals surface area contributed by atoms with E-state index >= 15 is 0 Å². The van der Waals surface area contributed by atoms with Crippen LogP contribution in [0.2, 0.25) is 10.2 Å². The zero-order valence-corrected chi connectivity index (χ0v) is 11.5. The first-order valence-corrected chi connectivity index (χ1v) is 6.28. The summed E-state index contributed by atoms with van der Waals surface area (Å²) in [6, 6.07) is 7.22. The Morgan fingerprint density at radius 2 is 1.83 bits per heavy atom. The highest BCUT2D eigenvalue weighted by Gasteiger charge is 2.16. The van der Waals surface area contributed by atoms with E-state index in [1.807, 2.05) is 26.0 Å². The number of benzene rings is 1. The van der Waals surface area contributed by atoms with Gasteiger partial charge in [-0.05, 0) is 18.1 Å². The lowest BCUT2D eigenvalue weighted by Crippen LogP contribution is -1.99. The fourth-order valence-electron chi connectivity index (χ4n) is 1.56. The Morgan fingerprint density at radius 1 is 1.11 bits per heavy atom. The molecule has 0 atom stereocenters. The molecule has 0 fully saturated rings. The van der Waals surface area contributed by atoms with Crippen LogP contribution in [0.5, 0.6) is 11.6 Å². The van der Waals surface area contributed by atoms with Crippen LogP contribution in [-0.4, -0.2) is 9.97 Å². The fourth-order valence-corrected chi connectivity index (χ4v) is 2.07. The average molecular weight is 283 g/mol. The third kappa shape index (κ3) is 2.74. The molecular formula is C13H12Cl2N2O. The maximum absolute atomic E-state index is 6.07. The molecule has 1 aromatic carbocycles. The summed E-state index contributed by atoms with van der Waals surface area (Å²) in [5.74, 6) is 1.16. The second kappa shape index (κ2) is 5.55. The highest BCUT2D eigenvalue weighted by molar-refractivity contribution is 6.32. The van der Waals surface area contributed by atoms with Gasteiger partial charge in [0.1, 0.15) is 17.2 Å². The van der Waals surface area contributed by atoms with Gasteiger partial charge in [0.15, 0.2) is 0 Å². The molecule has 0 saturated heterocycles. The lowest BCUT2D eigenvalue weighted by molar-refractivity contribution is 0.451. The van der Waals surface area contributed by atoms with Crippen LogP contribution in [0.1, 0.15) is 25.3 Å². The van der Waals surface area contributed by atoms with Crippen molar-refractivity contribution in [1.29, 1.82) is 0 Å². The summed E-state index contributed by atoms with van der Waals surface area (Å²) in [6.07, 6.45) is 1.38. The largest absolute Gasteiger partial charge is 0.437 e. The molecule has 5 heteroatoms. The van der Waals surface area contributed by atoms with Gasteiger partial charge in [0, 0.05) is 0 Å². The molecule has 2 rings (SSSR count). The maximum Gasteiger partial charge on any atom is 0.227 e. The monoisotopic (exact) mass is 282 g/mol. The molecule has 0 aliphatic carbocycles. The minimum atomic E-state index is 0.163. The van der Waals surface area contributed by atoms with Crippen molar-refractivity contribution in [2.24, 2.45) is 0 Å². The summed E-state index contributed by atoms with van der Waals surface area (Å²) in [4.78, 5) is 8.09. The van der Waals surface area contributed by atoms with Crippen molar-refractivity contribution in [2.45, 2.75) is 19.8 Å². The predicted octanol–water partition coefficient (Wildman–Crippen LogP) is 4.70. The van der Waals surface area contributed by atoms with E-state index in [9.17, 15) is 0 Å². The van der Waals surface area contributed by atoms with Crippen LogP contribution in [0, 0.1) is 0 Å². The summed E-state index contributed by atoms with van der Waals surface area (Å²) in [5, 5.41) is 0.934. The van der Waals surface area contributed by atoms with Crippen LogP contribution in [0.15, 0.2) is 30.6 Å². The van der Waals surface area contributed by atoms with Gasteiger partial charge < -0.3 is 4.74 Å². The van der Waals surface area contributed by atoms with Gasteiger partial charge in [0.25, 0.3) is 0 Å². The Bertz CT molecular complexity index is 558. The van der Waals surface area contributed by atoms with Crippen molar-refractivity contribution in [1.82, 2.24) is 9.97 Å². The maximum atomic E-state index is 6.07. The Kier molecular flexibility index (Phi) is 4.04. The number of para-hydroxylation sites is 1. The number of nitrogens with zero attached hydrogens (tertiary/aromatic N) is 2. The first-order chi connectivity index (χ1) is 8.59. The van der Waals surface area contributed by atoms with E-state index in [4.69, 9.17) is 27.9 Å². The molecule has 2 aromatic rings. The van der Waals surface area contributed by atoms with E-state index < -0.39 is 0 Å². The molecule has 1 heterocycles. The molecule has 3 nitrogen and oxygen atoms in total. The van der Waals surface area contributed by atoms with Gasteiger partial charge in [-0.3, -0.25) is 0 Å². The zero-order valence-electron chi connectivity index (χ0n) is 10.0. The Balaban J connectivity index is 2.41. The van der Waals surface area contributed by atoms with Crippen LogP contribution in [0.4, 0.5) is 0 Å². The van der Waals surface area contributed by atoms with E-state index in [0.717, 1.165) is 5.56 Å². The van der Waals surface area contributed by atoms with Gasteiger partial charge in [0.05, 0.1) is 10.6 Å². The molecule has 0 saturated carbocycles. The van der Waals surface area contributed by atoms with Crippen LogP contribution in [0.3, 0.4) is 0 Å². The lowest BCUT2D eigenvalue weighted by atomic mass is 10.1. The van der Waals surface area contributed by atoms with Crippen molar-refractivity contribution >= 4 is 23.2 Å². The summed E-state index contributed by atoms with van der Waals surface area (Å²) < 4.78 is 5.71. The molecule has 0 spiro atoms. The summed E-state index contributed by atoms with van der Waals surface area (Å²) in [7, 11) is 0. The minimum Gasteiger partial charge on any atom is -0.437 e. The van der Waals surface area contributed by atoms with Crippen molar-refractivity contribution < 1.29 is 4.74 Å². The standard InChI is InChI=1S/C13H12Cl2N2O/c1-8(2)11-12(15)16-7-17-13(11)18-10-6-4-3-5-9(10)14/h3-8H,1-2H3. The quantitative estimate of drug-likeness (QED) is 0.766. The molecule has 94 valence electrons. The Morgan fingerprint density at radius 3 is 2.50 bits per heavy atom. The summed E-state index contributed by atoms with van der Waals surface area (Å²) in [5.41, 5.74) is 0.777. The number of halogens is 2. The molecule has 0 aliphatic heterocycles. The van der Waals surface area contributed by atoms with Crippen LogP contribution in [0.25, 0.3) is 0 Å². The Labute approximate surface area is 116 Å². The third-order valence-electron chi connectivity index (χ3n) is 2.42. The fraction of sp³-hybridized carbons (Fsp3) is 0.231. The van der Waals surface area contributed by atoms with Crippen LogP contribution < -0.4 is 4.74 Å². The number of aromatic nitrogens is 2. The zero-order chi connectivity index (χ0) is 13.1. The second-order valence-electron chi connectivity index (χ2n) is 4.07. The Hall–Kier alpha value is -1.32. The van der Waals surface area contributed by atoms with Crippen molar-refractivity contribution in [3.63, 3.8) is 0 Å². The summed E-state index contributed by atoms with van der Waals surface area (Å²) in [6.45, 7) is 4.01. The highest BCUT2D eigenvalue weighted by Crippen LogP contribution is 2.34. The normalized spacial score (nSPS) is 10.7. The first kappa shape index (κ1) is 13.1. The molecule has 18 heavy (non-hydrogen) atoms. The third-order valence-corrected chi connectivity index (χ3v) is 3.03. The molecule has 1 aromatic heterocycles. The number of hydrogen-bond acceptors (Lipinski definition) is 3. The van der Waals surface area contributed by atoms with Crippen molar-refractivity contribution in [2.75, 3.05) is 0 Å². The average Bonchev–Trinajstić information content (AvgIpc) is 2.31. The van der Waals surface area contributed by atoms with E-state index in [1.54, 1.807) is 12.1 Å². The highest BCUT2D eigenvalue weighted by atomic mass is 35.5. The van der Waals surface area contributed by atoms with Crippen LogP contribution in [-0.2, 0) is 0 Å². The van der Waals surface area contributed by atoms with Crippen molar-refractivity contribution in [3.8, 4) is 11.6 Å². The topological polar surface area (TPSA) is 35.0 Å². The molecule has 0 bridgehead atoms. The SMILES string of the molecule is CC(C)c1c(Cl)ncnc1Oc1ccccc1Cl. The minimum absolute atomic E-state index is 0.163. The van der Waals surface area contributed by atoms with Gasteiger partial charge in [-0.1, -0.05) is 49.2 Å². The first-order valence-electron chi connectivity index (χ1n) is 5.52. The number of rotatable bonds is 3. The number of hydrogen-bond donors (Lipinski definition) is 0. The van der Waals surface area contributed by atoms with E-state index in [-0.39, 0.29) is 5.92 Å². The van der Waals surface area contributed by atoms with E-state index in [1.165, 1.54) is 6.33 Å². The summed E-state index contributed by atoms with van der Waals surface area (Å²) >= 11 is 12.1. The smallest absolute Gasteiger partial charge is 0.227 e. The molecular weight excluding hydrogens is 271 g/mol. The van der Waals surface area contributed by atoms with Crippen molar-refractivity contribution in [3.05, 3.63) is 46.3 Å². The molecule has 0 aliphatic rings. The van der Waals surface area contributed by atoms with E-state index in [2.05, 4.69) is 9.97 Å². The predicted molar refractivity (Wildman–Crippen MR) is 72.7 cm³/mol. The van der Waals surface area contributed by atoms with E-state index in [0.29, 0.717) is 21.8 Å². The van der Waals surface area contributed by atoms with Gasteiger partial charge in [0.2, 0.25) is 5.88 Å². The number of ether oxygens (including phenoxy) is 1. The lowest BCUT2D eigenvalue weighted by Gasteiger charge is -2.13. The molecule has 0 radical (unpaired) electrons. The van der Waals surface area contributed by atoms with Gasteiger partial charge in [-0.2, -0.15) is 0 Å². The molecule has 0 unspecified atom stereocenters. The second-order valence-corrected chi connectivity index (χ2v) is 4.84. The van der Waals surface area contributed by atoms with Gasteiger partial charge in [-0.15, -0.1) is 0 Å². The van der Waals surface area contributed by atoms with Crippen LogP contribution >= 0.6 is 23.2 Å². The molecule has 0 N–H and O–H groups in total.